The number of benzene rings is 3. The number of fused-ring (bicyclic) bond motifs is 1. The van der Waals surface area contributed by atoms with Crippen LogP contribution < -0.4 is 20.1 Å². The highest BCUT2D eigenvalue weighted by Gasteiger charge is 2.09. The molecular formula is C25H26N2O4. The van der Waals surface area contributed by atoms with Crippen LogP contribution in [0.15, 0.2) is 66.7 Å². The average molecular weight is 418 g/mol. The minimum atomic E-state index is -0.195. The Morgan fingerprint density at radius 3 is 2.58 bits per heavy atom. The standard InChI is InChI=1S/C25H26N2O4/c1-3-26-25(29)17-31-22-13-11-18(15-23(22)30-2)16-27-24(28)14-12-20-9-6-8-19-7-4-5-10-21(19)20/h4-15H,3,16-17H2,1-2H3,(H,26,29)(H,27,28)/b14-12+. The maximum atomic E-state index is 12.3. The maximum Gasteiger partial charge on any atom is 0.257 e. The van der Waals surface area contributed by atoms with Gasteiger partial charge in [0, 0.05) is 19.2 Å². The van der Waals surface area contributed by atoms with Gasteiger partial charge in [0.05, 0.1) is 7.11 Å². The molecule has 0 aromatic heterocycles. The van der Waals surface area contributed by atoms with Crippen molar-refractivity contribution in [3.63, 3.8) is 0 Å². The summed E-state index contributed by atoms with van der Waals surface area (Å²) < 4.78 is 10.9. The van der Waals surface area contributed by atoms with E-state index in [4.69, 9.17) is 9.47 Å². The fourth-order valence-corrected chi connectivity index (χ4v) is 3.14. The predicted octanol–water partition coefficient (Wildman–Crippen LogP) is 3.69. The van der Waals surface area contributed by atoms with Gasteiger partial charge in [-0.15, -0.1) is 0 Å². The Morgan fingerprint density at radius 2 is 1.77 bits per heavy atom. The third-order valence-corrected chi connectivity index (χ3v) is 4.67. The van der Waals surface area contributed by atoms with E-state index in [1.54, 1.807) is 12.1 Å². The van der Waals surface area contributed by atoms with Crippen LogP contribution in [0.4, 0.5) is 0 Å². The van der Waals surface area contributed by atoms with E-state index in [0.717, 1.165) is 21.9 Å². The predicted molar refractivity (Wildman–Crippen MR) is 122 cm³/mol. The van der Waals surface area contributed by atoms with Crippen LogP contribution >= 0.6 is 0 Å². The van der Waals surface area contributed by atoms with E-state index in [-0.39, 0.29) is 18.4 Å². The van der Waals surface area contributed by atoms with Crippen LogP contribution in [-0.2, 0) is 16.1 Å². The largest absolute Gasteiger partial charge is 0.493 e. The molecule has 0 spiro atoms. The summed E-state index contributed by atoms with van der Waals surface area (Å²) in [4.78, 5) is 23.9. The summed E-state index contributed by atoms with van der Waals surface area (Å²) in [6.07, 6.45) is 3.35. The zero-order valence-electron chi connectivity index (χ0n) is 17.7. The zero-order chi connectivity index (χ0) is 22.1. The van der Waals surface area contributed by atoms with Crippen molar-refractivity contribution >= 4 is 28.7 Å². The average Bonchev–Trinajstić information content (AvgIpc) is 2.80. The van der Waals surface area contributed by atoms with E-state index in [1.165, 1.54) is 13.2 Å². The SMILES string of the molecule is CCNC(=O)COc1ccc(CNC(=O)/C=C/c2cccc3ccccc23)cc1OC. The van der Waals surface area contributed by atoms with Crippen molar-refractivity contribution in [1.29, 1.82) is 0 Å². The van der Waals surface area contributed by atoms with Crippen molar-refractivity contribution in [2.24, 2.45) is 0 Å². The first-order valence-corrected chi connectivity index (χ1v) is 10.1. The highest BCUT2D eigenvalue weighted by atomic mass is 16.5. The third kappa shape index (κ3) is 6.09. The Labute approximate surface area is 181 Å². The molecule has 6 heteroatoms. The number of hydrogen-bond donors (Lipinski definition) is 2. The number of rotatable bonds is 9. The zero-order valence-corrected chi connectivity index (χ0v) is 17.7. The van der Waals surface area contributed by atoms with Crippen molar-refractivity contribution in [3.8, 4) is 11.5 Å². The molecule has 2 amide bonds. The first kappa shape index (κ1) is 21.9. The molecule has 0 bridgehead atoms. The van der Waals surface area contributed by atoms with Crippen LogP contribution in [0.1, 0.15) is 18.1 Å². The van der Waals surface area contributed by atoms with E-state index in [0.29, 0.717) is 24.6 Å². The molecule has 0 unspecified atom stereocenters. The number of amides is 2. The van der Waals surface area contributed by atoms with Gasteiger partial charge in [0.25, 0.3) is 5.91 Å². The van der Waals surface area contributed by atoms with Gasteiger partial charge in [-0.3, -0.25) is 9.59 Å². The lowest BCUT2D eigenvalue weighted by atomic mass is 10.0. The molecule has 0 heterocycles. The molecule has 0 fully saturated rings. The molecule has 0 radical (unpaired) electrons. The van der Waals surface area contributed by atoms with Gasteiger partial charge in [-0.1, -0.05) is 48.5 Å². The van der Waals surface area contributed by atoms with Crippen LogP contribution in [0, 0.1) is 0 Å². The normalized spacial score (nSPS) is 10.8. The summed E-state index contributed by atoms with van der Waals surface area (Å²) in [5.74, 6) is 0.587. The van der Waals surface area contributed by atoms with Gasteiger partial charge in [-0.25, -0.2) is 0 Å². The maximum absolute atomic E-state index is 12.3. The van der Waals surface area contributed by atoms with Gasteiger partial charge in [-0.05, 0) is 47.0 Å². The fraction of sp³-hybridized carbons (Fsp3) is 0.200. The summed E-state index contributed by atoms with van der Waals surface area (Å²) in [6, 6.07) is 19.4. The monoisotopic (exact) mass is 418 g/mol. The highest BCUT2D eigenvalue weighted by molar-refractivity contribution is 5.96. The Kier molecular flexibility index (Phi) is 7.65. The number of carbonyl (C=O) groups excluding carboxylic acids is 2. The second-order valence-corrected chi connectivity index (χ2v) is 6.85. The minimum absolute atomic E-state index is 0.0841. The van der Waals surface area contributed by atoms with E-state index in [2.05, 4.69) is 10.6 Å². The molecule has 3 aromatic rings. The molecule has 3 rings (SSSR count). The van der Waals surface area contributed by atoms with E-state index >= 15 is 0 Å². The van der Waals surface area contributed by atoms with Crippen molar-refractivity contribution < 1.29 is 19.1 Å². The molecule has 0 atom stereocenters. The summed E-state index contributed by atoms with van der Waals surface area (Å²) in [6.45, 7) is 2.65. The molecule has 0 aliphatic rings. The van der Waals surface area contributed by atoms with Crippen LogP contribution in [0.3, 0.4) is 0 Å². The molecular weight excluding hydrogens is 392 g/mol. The van der Waals surface area contributed by atoms with Gasteiger partial charge in [0.2, 0.25) is 5.91 Å². The number of carbonyl (C=O) groups is 2. The van der Waals surface area contributed by atoms with Gasteiger partial charge >= 0.3 is 0 Å². The fourth-order valence-electron chi connectivity index (χ4n) is 3.14. The Morgan fingerprint density at radius 1 is 0.968 bits per heavy atom. The summed E-state index contributed by atoms with van der Waals surface area (Å²) >= 11 is 0. The lowest BCUT2D eigenvalue weighted by Crippen LogP contribution is -2.28. The number of ether oxygens (including phenoxy) is 2. The van der Waals surface area contributed by atoms with Crippen molar-refractivity contribution in [2.45, 2.75) is 13.5 Å². The number of likely N-dealkylation sites (N-methyl/N-ethyl adjacent to an activating group) is 1. The first-order chi connectivity index (χ1) is 15.1. The Bertz CT molecular complexity index is 1090. The lowest BCUT2D eigenvalue weighted by Gasteiger charge is -2.12. The first-order valence-electron chi connectivity index (χ1n) is 10.1. The van der Waals surface area contributed by atoms with Crippen LogP contribution in [0.5, 0.6) is 11.5 Å². The van der Waals surface area contributed by atoms with E-state index in [1.807, 2.05) is 61.5 Å². The summed E-state index contributed by atoms with van der Waals surface area (Å²) in [5.41, 5.74) is 1.85. The van der Waals surface area contributed by atoms with Gasteiger partial charge in [-0.2, -0.15) is 0 Å². The lowest BCUT2D eigenvalue weighted by molar-refractivity contribution is -0.123. The van der Waals surface area contributed by atoms with E-state index < -0.39 is 0 Å². The molecule has 31 heavy (non-hydrogen) atoms. The van der Waals surface area contributed by atoms with Crippen LogP contribution in [0.25, 0.3) is 16.8 Å². The van der Waals surface area contributed by atoms with Gasteiger partial charge in [0.15, 0.2) is 18.1 Å². The Balaban J connectivity index is 1.59. The minimum Gasteiger partial charge on any atom is -0.493 e. The van der Waals surface area contributed by atoms with E-state index in [9.17, 15) is 9.59 Å². The second kappa shape index (κ2) is 10.8. The molecule has 160 valence electrons. The third-order valence-electron chi connectivity index (χ3n) is 4.67. The van der Waals surface area contributed by atoms with Gasteiger partial charge < -0.3 is 20.1 Å². The van der Waals surface area contributed by atoms with Crippen LogP contribution in [0.2, 0.25) is 0 Å². The summed E-state index contributed by atoms with van der Waals surface area (Å²) in [7, 11) is 1.53. The topological polar surface area (TPSA) is 76.7 Å². The number of hydrogen-bond acceptors (Lipinski definition) is 4. The van der Waals surface area contributed by atoms with Crippen molar-refractivity contribution in [1.82, 2.24) is 10.6 Å². The molecule has 0 aliphatic heterocycles. The molecule has 3 aromatic carbocycles. The Hall–Kier alpha value is -3.80. The number of nitrogens with one attached hydrogen (secondary N) is 2. The number of methoxy groups -OCH3 is 1. The molecule has 0 aliphatic carbocycles. The second-order valence-electron chi connectivity index (χ2n) is 6.85. The van der Waals surface area contributed by atoms with Crippen LogP contribution in [-0.4, -0.2) is 32.1 Å². The van der Waals surface area contributed by atoms with Crippen molar-refractivity contribution in [3.05, 3.63) is 77.9 Å². The smallest absolute Gasteiger partial charge is 0.257 e. The van der Waals surface area contributed by atoms with Gasteiger partial charge in [0.1, 0.15) is 0 Å². The highest BCUT2D eigenvalue weighted by Crippen LogP contribution is 2.28. The molecule has 0 saturated carbocycles. The van der Waals surface area contributed by atoms with Crippen molar-refractivity contribution in [2.75, 3.05) is 20.3 Å². The molecule has 0 saturated heterocycles. The molecule has 2 N–H and O–H groups in total. The summed E-state index contributed by atoms with van der Waals surface area (Å²) in [5, 5.41) is 7.77. The molecule has 6 nitrogen and oxygen atoms in total. The quantitative estimate of drug-likeness (QED) is 0.520.